The number of unbranched alkanes of at least 4 members (excludes halogenated alkanes) is 1. The van der Waals surface area contributed by atoms with Gasteiger partial charge in [0.25, 0.3) is 0 Å². The van der Waals surface area contributed by atoms with Crippen molar-refractivity contribution in [2.45, 2.75) is 19.3 Å². The zero-order valence-electron chi connectivity index (χ0n) is 17.5. The Bertz CT molecular complexity index is 1320. The number of benzene rings is 4. The fraction of sp³-hybridized carbons (Fsp3) is 0.143. The number of hydrogen-bond acceptors (Lipinski definition) is 2. The Morgan fingerprint density at radius 3 is 2.39 bits per heavy atom. The second kappa shape index (κ2) is 8.66. The molecule has 0 aliphatic heterocycles. The van der Waals surface area contributed by atoms with Gasteiger partial charge in [-0.25, -0.2) is 0 Å². The molecule has 0 aliphatic rings. The van der Waals surface area contributed by atoms with Gasteiger partial charge >= 0.3 is 0 Å². The number of aromatic nitrogens is 1. The highest BCUT2D eigenvalue weighted by Gasteiger charge is 2.16. The van der Waals surface area contributed by atoms with Crippen molar-refractivity contribution >= 4 is 21.7 Å². The minimum Gasteiger partial charge on any atom is -0.457 e. The summed E-state index contributed by atoms with van der Waals surface area (Å²) >= 11 is 0. The minimum absolute atomic E-state index is 0.717. The van der Waals surface area contributed by atoms with E-state index in [2.05, 4.69) is 59.6 Å². The van der Waals surface area contributed by atoms with Crippen LogP contribution in [-0.4, -0.2) is 11.5 Å². The second-order valence-corrected chi connectivity index (χ2v) is 7.87. The molecule has 5 rings (SSSR count). The Hall–Kier alpha value is -3.56. The van der Waals surface area contributed by atoms with E-state index in [-0.39, 0.29) is 0 Å². The molecule has 31 heavy (non-hydrogen) atoms. The summed E-state index contributed by atoms with van der Waals surface area (Å²) in [5.41, 5.74) is 10.7. The number of hydrogen-bond donors (Lipinski definition) is 2. The fourth-order valence-electron chi connectivity index (χ4n) is 4.29. The van der Waals surface area contributed by atoms with E-state index in [0.29, 0.717) is 6.54 Å². The maximum absolute atomic E-state index is 6.12. The zero-order valence-corrected chi connectivity index (χ0v) is 17.5. The van der Waals surface area contributed by atoms with Crippen LogP contribution in [0.2, 0.25) is 0 Å². The van der Waals surface area contributed by atoms with E-state index in [1.165, 1.54) is 33.0 Å². The van der Waals surface area contributed by atoms with Gasteiger partial charge < -0.3 is 15.5 Å². The number of H-pyrrole nitrogens is 1. The number of aryl methyl sites for hydroxylation is 1. The molecule has 0 radical (unpaired) electrons. The predicted molar refractivity (Wildman–Crippen MR) is 130 cm³/mol. The van der Waals surface area contributed by atoms with E-state index in [4.69, 9.17) is 10.5 Å². The van der Waals surface area contributed by atoms with Gasteiger partial charge in [0.2, 0.25) is 0 Å². The normalized spacial score (nSPS) is 11.3. The average Bonchev–Trinajstić information content (AvgIpc) is 3.17. The molecule has 0 unspecified atom stereocenters. The lowest BCUT2D eigenvalue weighted by Gasteiger charge is -2.09. The molecule has 3 nitrogen and oxygen atoms in total. The Morgan fingerprint density at radius 2 is 1.52 bits per heavy atom. The highest BCUT2D eigenvalue weighted by atomic mass is 16.5. The van der Waals surface area contributed by atoms with Crippen molar-refractivity contribution in [2.24, 2.45) is 5.73 Å². The molecule has 4 aromatic carbocycles. The number of rotatable bonds is 7. The van der Waals surface area contributed by atoms with Gasteiger partial charge in [0.15, 0.2) is 0 Å². The van der Waals surface area contributed by atoms with E-state index >= 15 is 0 Å². The minimum atomic E-state index is 0.717. The van der Waals surface area contributed by atoms with Crippen LogP contribution in [0.15, 0.2) is 91.0 Å². The van der Waals surface area contributed by atoms with Crippen molar-refractivity contribution in [3.63, 3.8) is 0 Å². The van der Waals surface area contributed by atoms with Crippen LogP contribution in [0.4, 0.5) is 0 Å². The maximum atomic E-state index is 6.12. The lowest BCUT2D eigenvalue weighted by molar-refractivity contribution is 0.483. The molecule has 3 N–H and O–H groups in total. The van der Waals surface area contributed by atoms with Gasteiger partial charge in [0.1, 0.15) is 11.5 Å². The lowest BCUT2D eigenvalue weighted by atomic mass is 9.96. The molecule has 0 saturated carbocycles. The Labute approximate surface area is 182 Å². The van der Waals surface area contributed by atoms with E-state index in [1.807, 2.05) is 36.4 Å². The smallest absolute Gasteiger partial charge is 0.128 e. The molecule has 5 aromatic rings. The summed E-state index contributed by atoms with van der Waals surface area (Å²) in [4.78, 5) is 3.70. The number of ether oxygens (including phenoxy) is 1. The van der Waals surface area contributed by atoms with Crippen molar-refractivity contribution in [1.29, 1.82) is 0 Å². The van der Waals surface area contributed by atoms with Crippen LogP contribution in [0.3, 0.4) is 0 Å². The van der Waals surface area contributed by atoms with Crippen molar-refractivity contribution < 1.29 is 4.74 Å². The van der Waals surface area contributed by atoms with Gasteiger partial charge in [-0.05, 0) is 72.5 Å². The molecule has 1 heterocycles. The molecular weight excluding hydrogens is 380 g/mol. The first-order valence-corrected chi connectivity index (χ1v) is 10.9. The van der Waals surface area contributed by atoms with Crippen molar-refractivity contribution in [3.05, 3.63) is 96.6 Å². The van der Waals surface area contributed by atoms with E-state index in [1.54, 1.807) is 0 Å². The summed E-state index contributed by atoms with van der Waals surface area (Å²) in [6, 6.07) is 31.3. The molecular formula is C28H26N2O. The van der Waals surface area contributed by atoms with Gasteiger partial charge in [-0.3, -0.25) is 0 Å². The molecule has 1 aromatic heterocycles. The third-order valence-electron chi connectivity index (χ3n) is 5.80. The van der Waals surface area contributed by atoms with Gasteiger partial charge in [-0.15, -0.1) is 0 Å². The first-order chi connectivity index (χ1) is 15.3. The Kier molecular flexibility index (Phi) is 5.42. The molecule has 0 atom stereocenters. The lowest BCUT2D eigenvalue weighted by Crippen LogP contribution is -1.99. The molecule has 0 spiro atoms. The zero-order chi connectivity index (χ0) is 21.0. The number of nitrogens with one attached hydrogen (secondary N) is 1. The first kappa shape index (κ1) is 19.4. The highest BCUT2D eigenvalue weighted by molar-refractivity contribution is 6.01. The molecule has 0 fully saturated rings. The van der Waals surface area contributed by atoms with Crippen LogP contribution >= 0.6 is 0 Å². The van der Waals surface area contributed by atoms with Crippen LogP contribution in [0.1, 0.15) is 18.4 Å². The molecule has 0 aliphatic carbocycles. The van der Waals surface area contributed by atoms with Crippen molar-refractivity contribution in [2.75, 3.05) is 6.54 Å². The average molecular weight is 407 g/mol. The van der Waals surface area contributed by atoms with Crippen LogP contribution in [0.25, 0.3) is 32.9 Å². The number of fused-ring (bicyclic) bond motifs is 2. The highest BCUT2D eigenvalue weighted by Crippen LogP contribution is 2.37. The van der Waals surface area contributed by atoms with Gasteiger partial charge in [-0.1, -0.05) is 60.7 Å². The molecule has 0 bridgehead atoms. The Morgan fingerprint density at radius 1 is 0.710 bits per heavy atom. The third-order valence-corrected chi connectivity index (χ3v) is 5.80. The van der Waals surface area contributed by atoms with Crippen molar-refractivity contribution in [3.8, 4) is 22.8 Å². The summed E-state index contributed by atoms with van der Waals surface area (Å²) < 4.78 is 6.12. The number of nitrogens with two attached hydrogens (primary N) is 1. The number of aromatic amines is 1. The standard InChI is InChI=1S/C28H26N2O/c29-18-7-6-14-25-26-19-22(31-21-11-2-1-3-12-21)16-17-27(26)30-28(25)24-15-8-10-20-9-4-5-13-23(20)24/h1-5,8-13,15-17,19,30H,6-7,14,18,29H2. The summed E-state index contributed by atoms with van der Waals surface area (Å²) in [5.74, 6) is 1.69. The SMILES string of the molecule is NCCCCc1c(-c2cccc3ccccc23)[nH]c2ccc(Oc3ccccc3)cc12. The Balaban J connectivity index is 1.64. The van der Waals surface area contributed by atoms with Crippen LogP contribution in [0.5, 0.6) is 11.5 Å². The van der Waals surface area contributed by atoms with Crippen LogP contribution in [-0.2, 0) is 6.42 Å². The van der Waals surface area contributed by atoms with E-state index < -0.39 is 0 Å². The molecule has 0 saturated heterocycles. The number of para-hydroxylation sites is 1. The van der Waals surface area contributed by atoms with Gasteiger partial charge in [-0.2, -0.15) is 0 Å². The molecule has 3 heteroatoms. The fourth-order valence-corrected chi connectivity index (χ4v) is 4.29. The van der Waals surface area contributed by atoms with Crippen LogP contribution in [0, 0.1) is 0 Å². The summed E-state index contributed by atoms with van der Waals surface area (Å²) in [6.07, 6.45) is 3.05. The second-order valence-electron chi connectivity index (χ2n) is 7.87. The molecule has 154 valence electrons. The monoisotopic (exact) mass is 406 g/mol. The first-order valence-electron chi connectivity index (χ1n) is 10.9. The third kappa shape index (κ3) is 3.92. The predicted octanol–water partition coefficient (Wildman–Crippen LogP) is 7.06. The topological polar surface area (TPSA) is 51.0 Å². The molecule has 0 amide bonds. The van der Waals surface area contributed by atoms with E-state index in [0.717, 1.165) is 36.3 Å². The largest absolute Gasteiger partial charge is 0.457 e. The quantitative estimate of drug-likeness (QED) is 0.284. The summed E-state index contributed by atoms with van der Waals surface area (Å²) in [7, 11) is 0. The van der Waals surface area contributed by atoms with Crippen LogP contribution < -0.4 is 10.5 Å². The van der Waals surface area contributed by atoms with E-state index in [9.17, 15) is 0 Å². The maximum Gasteiger partial charge on any atom is 0.128 e. The van der Waals surface area contributed by atoms with Crippen molar-refractivity contribution in [1.82, 2.24) is 4.98 Å². The van der Waals surface area contributed by atoms with Gasteiger partial charge in [0, 0.05) is 16.5 Å². The summed E-state index contributed by atoms with van der Waals surface area (Å²) in [5, 5.41) is 3.73. The van der Waals surface area contributed by atoms with Gasteiger partial charge in [0.05, 0.1) is 5.69 Å². The summed E-state index contributed by atoms with van der Waals surface area (Å²) in [6.45, 7) is 0.717.